The van der Waals surface area contributed by atoms with E-state index in [1.807, 2.05) is 0 Å². The van der Waals surface area contributed by atoms with Crippen molar-refractivity contribution in [3.63, 3.8) is 0 Å². The van der Waals surface area contributed by atoms with Gasteiger partial charge in [-0.1, -0.05) is 84.0 Å². The van der Waals surface area contributed by atoms with Gasteiger partial charge >= 0.3 is 0 Å². The third-order valence-corrected chi connectivity index (χ3v) is 6.00. The van der Waals surface area contributed by atoms with E-state index in [4.69, 9.17) is 0 Å². The molecule has 0 radical (unpaired) electrons. The number of hydrogen-bond donors (Lipinski definition) is 0. The second-order valence-corrected chi connectivity index (χ2v) is 7.61. The highest BCUT2D eigenvalue weighted by Crippen LogP contribution is 2.14. The summed E-state index contributed by atoms with van der Waals surface area (Å²) in [5.74, 6) is 0. The molecule has 0 aromatic carbocycles. The maximum atomic E-state index is 2.36. The minimum atomic E-state index is 0. The van der Waals surface area contributed by atoms with Gasteiger partial charge in [0.2, 0.25) is 0 Å². The van der Waals surface area contributed by atoms with Crippen molar-refractivity contribution in [3.05, 3.63) is 0 Å². The molecule has 0 unspecified atom stereocenters. The zero-order chi connectivity index (χ0) is 17.2. The van der Waals surface area contributed by atoms with E-state index in [-0.39, 0.29) is 17.0 Å². The minimum Gasteiger partial charge on any atom is -1.00 e. The Balaban J connectivity index is 0. The lowest BCUT2D eigenvalue weighted by Crippen LogP contribution is -3.00. The van der Waals surface area contributed by atoms with Crippen LogP contribution >= 0.6 is 0 Å². The molecule has 0 fully saturated rings. The minimum absolute atomic E-state index is 0. The van der Waals surface area contributed by atoms with Crippen LogP contribution in [-0.2, 0) is 0 Å². The second kappa shape index (κ2) is 19.8. The summed E-state index contributed by atoms with van der Waals surface area (Å²) in [6.07, 6.45) is 20.5. The van der Waals surface area contributed by atoms with Gasteiger partial charge in [-0.25, -0.2) is 0 Å². The monoisotopic (exact) mass is 405 g/mol. The fourth-order valence-corrected chi connectivity index (χ4v) is 3.79. The third kappa shape index (κ3) is 14.8. The molecule has 0 aliphatic rings. The van der Waals surface area contributed by atoms with E-state index in [1.54, 1.807) is 0 Å². The molecule has 0 aliphatic carbocycles. The van der Waals surface area contributed by atoms with E-state index in [1.165, 1.54) is 121 Å². The maximum absolute atomic E-state index is 2.36. The van der Waals surface area contributed by atoms with Crippen molar-refractivity contribution in [2.75, 3.05) is 26.2 Å². The average molecular weight is 407 g/mol. The first-order valence-corrected chi connectivity index (χ1v) is 11.1. The quantitative estimate of drug-likeness (QED) is 0.235. The molecule has 0 rings (SSSR count). The number of quaternary nitrogens is 1. The van der Waals surface area contributed by atoms with Crippen LogP contribution in [0.2, 0.25) is 0 Å². The van der Waals surface area contributed by atoms with Crippen LogP contribution in [0.3, 0.4) is 0 Å². The molecule has 148 valence electrons. The number of halogens is 1. The van der Waals surface area contributed by atoms with Crippen LogP contribution in [0.25, 0.3) is 0 Å². The van der Waals surface area contributed by atoms with Gasteiger partial charge in [0.05, 0.1) is 26.2 Å². The van der Waals surface area contributed by atoms with Crippen molar-refractivity contribution in [2.45, 2.75) is 118 Å². The summed E-state index contributed by atoms with van der Waals surface area (Å²) < 4.78 is 1.33. The summed E-state index contributed by atoms with van der Waals surface area (Å²) in [4.78, 5) is 0. The molecular weight excluding hydrogens is 358 g/mol. The number of unbranched alkanes of at least 4 members (excludes halogenated alkanes) is 13. The molecular formula is C22H48BrN. The fourth-order valence-electron chi connectivity index (χ4n) is 3.79. The van der Waals surface area contributed by atoms with Crippen molar-refractivity contribution in [1.29, 1.82) is 0 Å². The molecule has 1 nitrogen and oxygen atoms in total. The van der Waals surface area contributed by atoms with Gasteiger partial charge < -0.3 is 21.5 Å². The number of hydrogen-bond acceptors (Lipinski definition) is 0. The predicted molar refractivity (Wildman–Crippen MR) is 107 cm³/mol. The van der Waals surface area contributed by atoms with Crippen molar-refractivity contribution in [2.24, 2.45) is 0 Å². The SMILES string of the molecule is CCCCCCCCCCCCCCCC[N+](CC)(CC)CC.[Br-]. The van der Waals surface area contributed by atoms with Gasteiger partial charge in [-0.05, 0) is 33.6 Å². The number of rotatable bonds is 18. The summed E-state index contributed by atoms with van der Waals surface area (Å²) in [5, 5.41) is 0. The summed E-state index contributed by atoms with van der Waals surface area (Å²) in [5.41, 5.74) is 0. The van der Waals surface area contributed by atoms with Crippen molar-refractivity contribution in [3.8, 4) is 0 Å². The Labute approximate surface area is 165 Å². The highest BCUT2D eigenvalue weighted by Gasteiger charge is 2.19. The zero-order valence-electron chi connectivity index (χ0n) is 17.6. The Hall–Kier alpha value is 0.440. The molecule has 0 aliphatic heterocycles. The van der Waals surface area contributed by atoms with Crippen LogP contribution in [0.1, 0.15) is 118 Å². The molecule has 0 heterocycles. The van der Waals surface area contributed by atoms with Gasteiger partial charge in [0.1, 0.15) is 0 Å². The van der Waals surface area contributed by atoms with Crippen LogP contribution < -0.4 is 17.0 Å². The Morgan fingerprint density at radius 3 is 1.00 bits per heavy atom. The summed E-state index contributed by atoms with van der Waals surface area (Å²) in [7, 11) is 0. The highest BCUT2D eigenvalue weighted by atomic mass is 79.9. The molecule has 0 saturated heterocycles. The standard InChI is InChI=1S/C22H48N.BrH/c1-5-9-10-11-12-13-14-15-16-17-18-19-20-21-22-23(6-2,7-3)8-4;/h5-22H2,1-4H3;1H/q+1;/p-1. The smallest absolute Gasteiger partial charge is 0.0786 e. The number of nitrogens with zero attached hydrogens (tertiary/aromatic N) is 1. The van der Waals surface area contributed by atoms with Crippen molar-refractivity contribution >= 4 is 0 Å². The normalized spacial score (nSPS) is 11.5. The summed E-state index contributed by atoms with van der Waals surface area (Å²) >= 11 is 0. The molecule has 0 aromatic heterocycles. The molecule has 0 N–H and O–H groups in total. The lowest BCUT2D eigenvalue weighted by Gasteiger charge is -2.35. The van der Waals surface area contributed by atoms with Gasteiger partial charge in [0.25, 0.3) is 0 Å². The Morgan fingerprint density at radius 1 is 0.417 bits per heavy atom. The third-order valence-electron chi connectivity index (χ3n) is 6.00. The molecule has 0 saturated carbocycles. The van der Waals surface area contributed by atoms with E-state index in [0.717, 1.165) is 0 Å². The molecule has 0 atom stereocenters. The van der Waals surface area contributed by atoms with Crippen LogP contribution in [0, 0.1) is 0 Å². The Kier molecular flexibility index (Phi) is 22.0. The molecule has 0 amide bonds. The van der Waals surface area contributed by atoms with Gasteiger partial charge in [-0.2, -0.15) is 0 Å². The van der Waals surface area contributed by atoms with E-state index in [9.17, 15) is 0 Å². The summed E-state index contributed by atoms with van der Waals surface area (Å²) in [6.45, 7) is 14.7. The van der Waals surface area contributed by atoms with Gasteiger partial charge in [-0.15, -0.1) is 0 Å². The van der Waals surface area contributed by atoms with Crippen LogP contribution in [0.4, 0.5) is 0 Å². The van der Waals surface area contributed by atoms with Crippen LogP contribution in [-0.4, -0.2) is 30.7 Å². The van der Waals surface area contributed by atoms with E-state index in [2.05, 4.69) is 27.7 Å². The molecule has 0 bridgehead atoms. The maximum Gasteiger partial charge on any atom is 0.0786 e. The highest BCUT2D eigenvalue weighted by molar-refractivity contribution is 4.50. The second-order valence-electron chi connectivity index (χ2n) is 7.61. The van der Waals surface area contributed by atoms with E-state index < -0.39 is 0 Å². The van der Waals surface area contributed by atoms with Crippen molar-refractivity contribution < 1.29 is 21.5 Å². The van der Waals surface area contributed by atoms with Crippen molar-refractivity contribution in [1.82, 2.24) is 0 Å². The van der Waals surface area contributed by atoms with E-state index >= 15 is 0 Å². The summed E-state index contributed by atoms with van der Waals surface area (Å²) in [6, 6.07) is 0. The van der Waals surface area contributed by atoms with Crippen LogP contribution in [0.15, 0.2) is 0 Å². The first kappa shape index (κ1) is 26.7. The Bertz CT molecular complexity index is 218. The zero-order valence-corrected chi connectivity index (χ0v) is 19.1. The van der Waals surface area contributed by atoms with Crippen LogP contribution in [0.5, 0.6) is 0 Å². The van der Waals surface area contributed by atoms with Gasteiger partial charge in [0, 0.05) is 0 Å². The Morgan fingerprint density at radius 2 is 0.708 bits per heavy atom. The first-order valence-electron chi connectivity index (χ1n) is 11.1. The topological polar surface area (TPSA) is 0 Å². The molecule has 24 heavy (non-hydrogen) atoms. The predicted octanol–water partition coefficient (Wildman–Crippen LogP) is 4.35. The molecule has 0 aromatic rings. The van der Waals surface area contributed by atoms with Gasteiger partial charge in [-0.3, -0.25) is 0 Å². The van der Waals surface area contributed by atoms with E-state index in [0.29, 0.717) is 0 Å². The average Bonchev–Trinajstić information content (AvgIpc) is 2.59. The lowest BCUT2D eigenvalue weighted by molar-refractivity contribution is -0.923. The van der Waals surface area contributed by atoms with Gasteiger partial charge in [0.15, 0.2) is 0 Å². The lowest BCUT2D eigenvalue weighted by atomic mass is 10.0. The molecule has 0 spiro atoms. The largest absolute Gasteiger partial charge is 1.00 e. The fraction of sp³-hybridized carbons (Fsp3) is 1.00. The molecule has 2 heteroatoms. The first-order chi connectivity index (χ1) is 11.2.